The summed E-state index contributed by atoms with van der Waals surface area (Å²) in [5.74, 6) is -1.05. The van der Waals surface area contributed by atoms with Crippen LogP contribution in [-0.2, 0) is 26.2 Å². The van der Waals surface area contributed by atoms with Crippen LogP contribution in [-0.4, -0.2) is 58.0 Å². The van der Waals surface area contributed by atoms with E-state index >= 15 is 0 Å². The zero-order valence-electron chi connectivity index (χ0n) is 23.8. The van der Waals surface area contributed by atoms with Crippen LogP contribution < -0.4 is 19.1 Å². The molecule has 0 unspecified atom stereocenters. The van der Waals surface area contributed by atoms with Gasteiger partial charge in [0.05, 0.1) is 24.8 Å². The van der Waals surface area contributed by atoms with Crippen molar-refractivity contribution < 1.29 is 31.9 Å². The molecule has 0 heterocycles. The molecule has 0 aliphatic carbocycles. The molecule has 2 atom stereocenters. The van der Waals surface area contributed by atoms with E-state index in [0.29, 0.717) is 12.2 Å². The molecule has 0 saturated carbocycles. The summed E-state index contributed by atoms with van der Waals surface area (Å²) >= 11 is 0. The number of rotatable bonds is 13. The number of carbonyl (C=O) groups excluding carboxylic acids is 2. The van der Waals surface area contributed by atoms with Gasteiger partial charge in [0.1, 0.15) is 18.4 Å². The fraction of sp³-hybridized carbons (Fsp3) is 0.333. The van der Waals surface area contributed by atoms with Crippen molar-refractivity contribution >= 4 is 27.5 Å². The second-order valence-corrected chi connectivity index (χ2v) is 11.3. The van der Waals surface area contributed by atoms with E-state index in [9.17, 15) is 22.4 Å². The molecule has 3 rings (SSSR count). The number of nitrogens with one attached hydrogen (secondary N) is 1. The third-order valence-corrected chi connectivity index (χ3v) is 8.52. The lowest BCUT2D eigenvalue weighted by molar-refractivity contribution is -0.139. The fourth-order valence-electron chi connectivity index (χ4n) is 4.09. The summed E-state index contributed by atoms with van der Waals surface area (Å²) < 4.78 is 54.0. The van der Waals surface area contributed by atoms with Crippen LogP contribution >= 0.6 is 0 Å². The smallest absolute Gasteiger partial charge is 0.264 e. The first-order chi connectivity index (χ1) is 19.5. The van der Waals surface area contributed by atoms with Crippen molar-refractivity contribution in [1.82, 2.24) is 10.2 Å². The molecule has 0 bridgehead atoms. The van der Waals surface area contributed by atoms with Crippen molar-refractivity contribution in [1.29, 1.82) is 0 Å². The van der Waals surface area contributed by atoms with E-state index < -0.39 is 40.2 Å². The standard InChI is InChI=1S/C30H36FN3O6S/c1-6-21(2)32-30(36)22(3)33(19-23-12-10-11-15-26(23)31)29(35)20-34(41(37,38)25-13-8-7-9-14-25)24-16-17-27(39-4)28(18-24)40-5/h7-18,21-22H,6,19-20H2,1-5H3,(H,32,36)/t21-,22-/m1/s1. The van der Waals surface area contributed by atoms with Gasteiger partial charge in [-0.05, 0) is 50.6 Å². The van der Waals surface area contributed by atoms with E-state index in [0.717, 1.165) is 4.31 Å². The second kappa shape index (κ2) is 14.0. The molecule has 1 N–H and O–H groups in total. The maximum absolute atomic E-state index is 14.7. The molecule has 3 aromatic carbocycles. The zero-order valence-corrected chi connectivity index (χ0v) is 24.7. The highest BCUT2D eigenvalue weighted by molar-refractivity contribution is 7.92. The quantitative estimate of drug-likeness (QED) is 0.320. The van der Waals surface area contributed by atoms with E-state index in [4.69, 9.17) is 9.47 Å². The Morgan fingerprint density at radius 1 is 0.927 bits per heavy atom. The summed E-state index contributed by atoms with van der Waals surface area (Å²) in [5.41, 5.74) is 0.329. The number of nitrogens with zero attached hydrogens (tertiary/aromatic N) is 2. The topological polar surface area (TPSA) is 105 Å². The van der Waals surface area contributed by atoms with Gasteiger partial charge in [0.25, 0.3) is 10.0 Å². The van der Waals surface area contributed by atoms with Crippen molar-refractivity contribution in [2.45, 2.75) is 50.7 Å². The number of carbonyl (C=O) groups is 2. The lowest BCUT2D eigenvalue weighted by atomic mass is 10.1. The number of methoxy groups -OCH3 is 2. The van der Waals surface area contributed by atoms with Crippen molar-refractivity contribution in [2.75, 3.05) is 25.1 Å². The lowest BCUT2D eigenvalue weighted by Crippen LogP contribution is -2.52. The van der Waals surface area contributed by atoms with Crippen molar-refractivity contribution in [3.05, 3.63) is 84.2 Å². The van der Waals surface area contributed by atoms with Crippen LogP contribution in [0, 0.1) is 5.82 Å². The summed E-state index contributed by atoms with van der Waals surface area (Å²) in [4.78, 5) is 28.2. The van der Waals surface area contributed by atoms with E-state index in [1.165, 1.54) is 74.6 Å². The largest absolute Gasteiger partial charge is 0.493 e. The van der Waals surface area contributed by atoms with Crippen LogP contribution in [0.1, 0.15) is 32.8 Å². The Labute approximate surface area is 240 Å². The first kappa shape index (κ1) is 31.4. The molecule has 0 radical (unpaired) electrons. The van der Waals surface area contributed by atoms with Gasteiger partial charge in [0.2, 0.25) is 11.8 Å². The van der Waals surface area contributed by atoms with Gasteiger partial charge in [-0.3, -0.25) is 13.9 Å². The highest BCUT2D eigenvalue weighted by Crippen LogP contribution is 2.34. The average Bonchev–Trinajstić information content (AvgIpc) is 2.98. The summed E-state index contributed by atoms with van der Waals surface area (Å²) in [6.07, 6.45) is 0.669. The van der Waals surface area contributed by atoms with Crippen LogP contribution in [0.3, 0.4) is 0 Å². The molecule has 0 spiro atoms. The van der Waals surface area contributed by atoms with Gasteiger partial charge in [0, 0.05) is 24.2 Å². The molecule has 41 heavy (non-hydrogen) atoms. The Morgan fingerprint density at radius 2 is 1.56 bits per heavy atom. The Morgan fingerprint density at radius 3 is 2.17 bits per heavy atom. The molecule has 3 aromatic rings. The molecule has 0 aromatic heterocycles. The number of amides is 2. The summed E-state index contributed by atoms with van der Waals surface area (Å²) in [7, 11) is -1.40. The van der Waals surface area contributed by atoms with Crippen LogP contribution in [0.5, 0.6) is 11.5 Å². The number of halogens is 1. The second-order valence-electron chi connectivity index (χ2n) is 9.47. The van der Waals surface area contributed by atoms with E-state index in [1.54, 1.807) is 24.3 Å². The van der Waals surface area contributed by atoms with Gasteiger partial charge in [-0.1, -0.05) is 43.3 Å². The molecule has 0 saturated heterocycles. The van der Waals surface area contributed by atoms with Gasteiger partial charge in [-0.2, -0.15) is 0 Å². The number of anilines is 1. The van der Waals surface area contributed by atoms with Gasteiger partial charge < -0.3 is 19.7 Å². The van der Waals surface area contributed by atoms with Crippen molar-refractivity contribution in [2.24, 2.45) is 0 Å². The minimum atomic E-state index is -4.26. The Balaban J connectivity index is 2.08. The lowest BCUT2D eigenvalue weighted by Gasteiger charge is -2.32. The molecular formula is C30H36FN3O6S. The Kier molecular flexibility index (Phi) is 10.7. The molecular weight excluding hydrogens is 549 g/mol. The molecule has 220 valence electrons. The summed E-state index contributed by atoms with van der Waals surface area (Å²) in [5, 5.41) is 2.85. The maximum atomic E-state index is 14.7. The van der Waals surface area contributed by atoms with Crippen molar-refractivity contribution in [3.63, 3.8) is 0 Å². The zero-order chi connectivity index (χ0) is 30.2. The average molecular weight is 586 g/mol. The van der Waals surface area contributed by atoms with E-state index in [1.807, 2.05) is 13.8 Å². The van der Waals surface area contributed by atoms with Crippen molar-refractivity contribution in [3.8, 4) is 11.5 Å². The van der Waals surface area contributed by atoms with Gasteiger partial charge in [0.15, 0.2) is 11.5 Å². The Hall–Kier alpha value is -4.12. The molecule has 11 heteroatoms. The van der Waals surface area contributed by atoms with E-state index in [2.05, 4.69) is 5.32 Å². The van der Waals surface area contributed by atoms with Crippen LogP contribution in [0.25, 0.3) is 0 Å². The third kappa shape index (κ3) is 7.55. The number of hydrogen-bond donors (Lipinski definition) is 1. The first-order valence-corrected chi connectivity index (χ1v) is 14.6. The highest BCUT2D eigenvalue weighted by Gasteiger charge is 2.33. The summed E-state index contributed by atoms with van der Waals surface area (Å²) in [6, 6.07) is 16.9. The van der Waals surface area contributed by atoms with Crippen LogP contribution in [0.4, 0.5) is 10.1 Å². The summed E-state index contributed by atoms with van der Waals surface area (Å²) in [6.45, 7) is 4.36. The van der Waals surface area contributed by atoms with Crippen LogP contribution in [0.15, 0.2) is 77.7 Å². The molecule has 2 amide bonds. The van der Waals surface area contributed by atoms with Gasteiger partial charge in [-0.15, -0.1) is 0 Å². The van der Waals surface area contributed by atoms with Gasteiger partial charge >= 0.3 is 0 Å². The maximum Gasteiger partial charge on any atom is 0.264 e. The first-order valence-electron chi connectivity index (χ1n) is 13.2. The number of benzene rings is 3. The SMILES string of the molecule is CC[C@@H](C)NC(=O)[C@@H](C)N(Cc1ccccc1F)C(=O)CN(c1ccc(OC)c(OC)c1)S(=O)(=O)c1ccccc1. The third-order valence-electron chi connectivity index (χ3n) is 6.73. The van der Waals surface area contributed by atoms with Crippen LogP contribution in [0.2, 0.25) is 0 Å². The fourth-order valence-corrected chi connectivity index (χ4v) is 5.51. The minimum absolute atomic E-state index is 0.0363. The highest BCUT2D eigenvalue weighted by atomic mass is 32.2. The monoisotopic (exact) mass is 585 g/mol. The van der Waals surface area contributed by atoms with E-state index in [-0.39, 0.29) is 34.5 Å². The Bertz CT molecular complexity index is 1450. The molecule has 0 fully saturated rings. The molecule has 0 aliphatic rings. The number of ether oxygens (including phenoxy) is 2. The predicted molar refractivity (Wildman–Crippen MR) is 155 cm³/mol. The predicted octanol–water partition coefficient (Wildman–Crippen LogP) is 4.37. The number of sulfonamides is 1. The normalized spacial score (nSPS) is 12.6. The molecule has 0 aliphatic heterocycles. The minimum Gasteiger partial charge on any atom is -0.493 e. The van der Waals surface area contributed by atoms with Gasteiger partial charge in [-0.25, -0.2) is 12.8 Å². The number of hydrogen-bond acceptors (Lipinski definition) is 6. The molecule has 9 nitrogen and oxygen atoms in total.